The average Bonchev–Trinajstić information content (AvgIpc) is 3.08. The van der Waals surface area contributed by atoms with Crippen LogP contribution in [0.25, 0.3) is 0 Å². The van der Waals surface area contributed by atoms with Crippen LogP contribution in [-0.4, -0.2) is 52.5 Å². The first-order valence-corrected chi connectivity index (χ1v) is 9.75. The third kappa shape index (κ3) is 4.93. The van der Waals surface area contributed by atoms with Gasteiger partial charge in [0.15, 0.2) is 5.69 Å². The third-order valence-corrected chi connectivity index (χ3v) is 5.23. The molecule has 1 fully saturated rings. The van der Waals surface area contributed by atoms with E-state index >= 15 is 0 Å². The molecule has 7 heteroatoms. The molecule has 0 spiro atoms. The predicted octanol–water partition coefficient (Wildman–Crippen LogP) is 1.89. The lowest BCUT2D eigenvalue weighted by Gasteiger charge is -2.23. The molecule has 2 aromatic rings. The van der Waals surface area contributed by atoms with E-state index in [4.69, 9.17) is 0 Å². The van der Waals surface area contributed by atoms with Crippen LogP contribution in [0.15, 0.2) is 24.3 Å². The zero-order chi connectivity index (χ0) is 19.2. The number of carbonyl (C=O) groups is 1. The Hall–Kier alpha value is -2.25. The molecule has 1 aliphatic heterocycles. The van der Waals surface area contributed by atoms with Gasteiger partial charge >= 0.3 is 0 Å². The van der Waals surface area contributed by atoms with Crippen LogP contribution in [-0.2, 0) is 13.1 Å². The Morgan fingerprint density at radius 2 is 2.07 bits per heavy atom. The molecule has 3 rings (SSSR count). The van der Waals surface area contributed by atoms with E-state index in [1.165, 1.54) is 5.56 Å². The Labute approximate surface area is 161 Å². The van der Waals surface area contributed by atoms with Crippen molar-refractivity contribution in [2.75, 3.05) is 26.7 Å². The van der Waals surface area contributed by atoms with Crippen LogP contribution < -0.4 is 10.6 Å². The van der Waals surface area contributed by atoms with E-state index in [-0.39, 0.29) is 5.91 Å². The van der Waals surface area contributed by atoms with Gasteiger partial charge in [-0.2, -0.15) is 0 Å². The second kappa shape index (κ2) is 9.10. The standard InChI is InChI=1S/C20H30N6O/c1-4-25(3)14-17-7-5-6-16(12-17)13-22-20(27)19-15(2)26(24-23-19)18-8-10-21-11-9-18/h5-7,12,18,21H,4,8-11,13-14H2,1-3H3,(H,22,27). The summed E-state index contributed by atoms with van der Waals surface area (Å²) in [7, 11) is 2.10. The Morgan fingerprint density at radius 1 is 1.33 bits per heavy atom. The molecular formula is C20H30N6O. The number of nitrogens with zero attached hydrogens (tertiary/aromatic N) is 4. The van der Waals surface area contributed by atoms with E-state index in [9.17, 15) is 4.79 Å². The maximum absolute atomic E-state index is 12.6. The minimum atomic E-state index is -0.163. The monoisotopic (exact) mass is 370 g/mol. The zero-order valence-electron chi connectivity index (χ0n) is 16.5. The molecule has 0 unspecified atom stereocenters. The first-order chi connectivity index (χ1) is 13.1. The third-order valence-electron chi connectivity index (χ3n) is 5.23. The van der Waals surface area contributed by atoms with E-state index in [1.807, 2.05) is 23.7 Å². The number of benzene rings is 1. The summed E-state index contributed by atoms with van der Waals surface area (Å²) < 4.78 is 1.91. The highest BCUT2D eigenvalue weighted by atomic mass is 16.2. The molecule has 146 valence electrons. The van der Waals surface area contributed by atoms with Gasteiger partial charge in [-0.25, -0.2) is 4.68 Å². The first kappa shape index (κ1) is 19.5. The number of nitrogens with one attached hydrogen (secondary N) is 2. The van der Waals surface area contributed by atoms with Gasteiger partial charge in [0.2, 0.25) is 0 Å². The molecule has 0 bridgehead atoms. The van der Waals surface area contributed by atoms with Gasteiger partial charge in [0, 0.05) is 13.1 Å². The van der Waals surface area contributed by atoms with Crippen molar-refractivity contribution in [2.24, 2.45) is 0 Å². The Morgan fingerprint density at radius 3 is 2.81 bits per heavy atom. The molecule has 2 heterocycles. The number of hydrogen-bond acceptors (Lipinski definition) is 5. The molecule has 2 N–H and O–H groups in total. The average molecular weight is 371 g/mol. The fourth-order valence-electron chi connectivity index (χ4n) is 3.48. The van der Waals surface area contributed by atoms with Gasteiger partial charge in [-0.15, -0.1) is 5.10 Å². The molecule has 1 amide bonds. The van der Waals surface area contributed by atoms with Crippen LogP contribution in [0.3, 0.4) is 0 Å². The summed E-state index contributed by atoms with van der Waals surface area (Å²) in [6, 6.07) is 8.66. The minimum absolute atomic E-state index is 0.163. The van der Waals surface area contributed by atoms with E-state index in [0.717, 1.165) is 50.3 Å². The number of carbonyl (C=O) groups excluding carboxylic acids is 1. The van der Waals surface area contributed by atoms with E-state index in [0.29, 0.717) is 18.3 Å². The fraction of sp³-hybridized carbons (Fsp3) is 0.550. The van der Waals surface area contributed by atoms with Crippen LogP contribution in [0, 0.1) is 6.92 Å². The van der Waals surface area contributed by atoms with Crippen LogP contribution >= 0.6 is 0 Å². The lowest BCUT2D eigenvalue weighted by molar-refractivity contribution is 0.0945. The lowest BCUT2D eigenvalue weighted by atomic mass is 10.1. The van der Waals surface area contributed by atoms with Gasteiger partial charge in [-0.3, -0.25) is 4.79 Å². The molecule has 1 aliphatic rings. The molecule has 0 radical (unpaired) electrons. The van der Waals surface area contributed by atoms with Crippen LogP contribution in [0.5, 0.6) is 0 Å². The highest BCUT2D eigenvalue weighted by Gasteiger charge is 2.22. The molecule has 1 saturated heterocycles. The van der Waals surface area contributed by atoms with Crippen molar-refractivity contribution < 1.29 is 4.79 Å². The molecular weight excluding hydrogens is 340 g/mol. The van der Waals surface area contributed by atoms with Gasteiger partial charge in [0.05, 0.1) is 11.7 Å². The topological polar surface area (TPSA) is 75.1 Å². The van der Waals surface area contributed by atoms with Gasteiger partial charge in [-0.05, 0) is 57.6 Å². The van der Waals surface area contributed by atoms with Crippen molar-refractivity contribution in [3.63, 3.8) is 0 Å². The van der Waals surface area contributed by atoms with E-state index in [1.54, 1.807) is 0 Å². The molecule has 0 atom stereocenters. The van der Waals surface area contributed by atoms with Gasteiger partial charge in [0.1, 0.15) is 0 Å². The Balaban J connectivity index is 1.61. The molecule has 27 heavy (non-hydrogen) atoms. The van der Waals surface area contributed by atoms with E-state index < -0.39 is 0 Å². The maximum Gasteiger partial charge on any atom is 0.274 e. The van der Waals surface area contributed by atoms with Crippen molar-refractivity contribution in [1.29, 1.82) is 0 Å². The summed E-state index contributed by atoms with van der Waals surface area (Å²) in [6.45, 7) is 8.43. The fourth-order valence-corrected chi connectivity index (χ4v) is 3.48. The van der Waals surface area contributed by atoms with Crippen molar-refractivity contribution in [1.82, 2.24) is 30.5 Å². The zero-order valence-corrected chi connectivity index (χ0v) is 16.5. The quantitative estimate of drug-likeness (QED) is 0.779. The summed E-state index contributed by atoms with van der Waals surface area (Å²) in [5.41, 5.74) is 3.61. The second-order valence-electron chi connectivity index (χ2n) is 7.28. The van der Waals surface area contributed by atoms with Gasteiger partial charge in [-0.1, -0.05) is 36.4 Å². The molecule has 0 saturated carbocycles. The summed E-state index contributed by atoms with van der Waals surface area (Å²) >= 11 is 0. The van der Waals surface area contributed by atoms with Gasteiger partial charge < -0.3 is 15.5 Å². The van der Waals surface area contributed by atoms with Crippen molar-refractivity contribution in [2.45, 2.75) is 45.8 Å². The minimum Gasteiger partial charge on any atom is -0.347 e. The molecule has 0 aliphatic carbocycles. The summed E-state index contributed by atoms with van der Waals surface area (Å²) in [5.74, 6) is -0.163. The number of hydrogen-bond donors (Lipinski definition) is 2. The van der Waals surface area contributed by atoms with Crippen molar-refractivity contribution in [3.05, 3.63) is 46.8 Å². The number of rotatable bonds is 7. The second-order valence-corrected chi connectivity index (χ2v) is 7.28. The van der Waals surface area contributed by atoms with E-state index in [2.05, 4.69) is 51.9 Å². The molecule has 1 aromatic heterocycles. The summed E-state index contributed by atoms with van der Waals surface area (Å²) in [5, 5.41) is 14.7. The lowest BCUT2D eigenvalue weighted by Crippen LogP contribution is -2.30. The Bertz CT molecular complexity index is 766. The van der Waals surface area contributed by atoms with Crippen LogP contribution in [0.1, 0.15) is 53.1 Å². The maximum atomic E-state index is 12.6. The summed E-state index contributed by atoms with van der Waals surface area (Å²) in [4.78, 5) is 14.8. The van der Waals surface area contributed by atoms with Crippen LogP contribution in [0.4, 0.5) is 0 Å². The van der Waals surface area contributed by atoms with Crippen molar-refractivity contribution in [3.8, 4) is 0 Å². The highest BCUT2D eigenvalue weighted by molar-refractivity contribution is 5.93. The van der Waals surface area contributed by atoms with Gasteiger partial charge in [0.25, 0.3) is 5.91 Å². The summed E-state index contributed by atoms with van der Waals surface area (Å²) in [6.07, 6.45) is 2.04. The molecule has 7 nitrogen and oxygen atoms in total. The SMILES string of the molecule is CCN(C)Cc1cccc(CNC(=O)c2nnn(C3CCNCC3)c2C)c1. The number of piperidine rings is 1. The first-order valence-electron chi connectivity index (χ1n) is 9.75. The smallest absolute Gasteiger partial charge is 0.274 e. The largest absolute Gasteiger partial charge is 0.347 e. The van der Waals surface area contributed by atoms with Crippen LogP contribution in [0.2, 0.25) is 0 Å². The number of amides is 1. The Kier molecular flexibility index (Phi) is 6.58. The number of aromatic nitrogens is 3. The van der Waals surface area contributed by atoms with Crippen molar-refractivity contribution >= 4 is 5.91 Å². The normalized spacial score (nSPS) is 15.3. The highest BCUT2D eigenvalue weighted by Crippen LogP contribution is 2.20. The predicted molar refractivity (Wildman–Crippen MR) is 106 cm³/mol. The molecule has 1 aromatic carbocycles.